The molecule has 0 amide bonds. The fraction of sp³-hybridized carbons (Fsp3) is 0.727. The maximum Gasteiger partial charge on any atom is 0.0729 e. The van der Waals surface area contributed by atoms with Crippen molar-refractivity contribution in [2.24, 2.45) is 0 Å². The molecule has 0 aliphatic carbocycles. The van der Waals surface area contributed by atoms with Gasteiger partial charge in [-0.25, -0.2) is 0 Å². The molecular weight excluding hydrogens is 222 g/mol. The molecule has 0 saturated carbocycles. The standard InChI is InChI=1S/C11H21N3O3/c1-10(9-16-2)13-11-7-12-14(8-11)3-5-17-6-4-15/h7-8,10,13,15H,3-6,9H2,1-2H3/t10-/m1/s1. The van der Waals surface area contributed by atoms with Crippen molar-refractivity contribution in [2.45, 2.75) is 19.5 Å². The van der Waals surface area contributed by atoms with Crippen molar-refractivity contribution in [2.75, 3.05) is 38.9 Å². The average Bonchev–Trinajstić information content (AvgIpc) is 2.72. The highest BCUT2D eigenvalue weighted by atomic mass is 16.5. The lowest BCUT2D eigenvalue weighted by Gasteiger charge is -2.11. The lowest BCUT2D eigenvalue weighted by Crippen LogP contribution is -2.20. The van der Waals surface area contributed by atoms with Gasteiger partial charge in [0.1, 0.15) is 0 Å². The van der Waals surface area contributed by atoms with Gasteiger partial charge in [0, 0.05) is 19.3 Å². The summed E-state index contributed by atoms with van der Waals surface area (Å²) in [6, 6.07) is 0.253. The first-order valence-electron chi connectivity index (χ1n) is 5.72. The molecule has 0 radical (unpaired) electrons. The van der Waals surface area contributed by atoms with E-state index in [4.69, 9.17) is 14.6 Å². The first-order chi connectivity index (χ1) is 8.26. The molecule has 17 heavy (non-hydrogen) atoms. The molecule has 6 heteroatoms. The number of anilines is 1. The summed E-state index contributed by atoms with van der Waals surface area (Å²) in [6.07, 6.45) is 3.70. The van der Waals surface area contributed by atoms with Gasteiger partial charge in [0.25, 0.3) is 0 Å². The van der Waals surface area contributed by atoms with Crippen molar-refractivity contribution in [1.29, 1.82) is 0 Å². The third-order valence-electron chi connectivity index (χ3n) is 2.16. The van der Waals surface area contributed by atoms with Gasteiger partial charge in [-0.2, -0.15) is 5.10 Å². The summed E-state index contributed by atoms with van der Waals surface area (Å²) in [7, 11) is 1.68. The molecule has 1 heterocycles. The SMILES string of the molecule is COC[C@@H](C)Nc1cnn(CCOCCO)c1. The number of hydrogen-bond donors (Lipinski definition) is 2. The third kappa shape index (κ3) is 5.67. The van der Waals surface area contributed by atoms with Crippen molar-refractivity contribution >= 4 is 5.69 Å². The summed E-state index contributed by atoms with van der Waals surface area (Å²) in [6.45, 7) is 4.36. The number of aliphatic hydroxyl groups excluding tert-OH is 1. The van der Waals surface area contributed by atoms with Gasteiger partial charge < -0.3 is 19.9 Å². The van der Waals surface area contributed by atoms with Crippen molar-refractivity contribution in [3.05, 3.63) is 12.4 Å². The highest BCUT2D eigenvalue weighted by Gasteiger charge is 2.03. The van der Waals surface area contributed by atoms with Gasteiger partial charge >= 0.3 is 0 Å². The summed E-state index contributed by atoms with van der Waals surface area (Å²) in [5.41, 5.74) is 0.969. The van der Waals surface area contributed by atoms with Crippen molar-refractivity contribution in [3.63, 3.8) is 0 Å². The van der Waals surface area contributed by atoms with Crippen LogP contribution in [0.15, 0.2) is 12.4 Å². The number of rotatable bonds is 9. The Bertz CT molecular complexity index is 304. The maximum atomic E-state index is 8.55. The quantitative estimate of drug-likeness (QED) is 0.612. The lowest BCUT2D eigenvalue weighted by atomic mass is 10.3. The number of aliphatic hydroxyl groups is 1. The van der Waals surface area contributed by atoms with Gasteiger partial charge in [-0.15, -0.1) is 0 Å². The van der Waals surface area contributed by atoms with Crippen LogP contribution in [0.3, 0.4) is 0 Å². The van der Waals surface area contributed by atoms with Crippen LogP contribution in [0, 0.1) is 0 Å². The van der Waals surface area contributed by atoms with Crippen LogP contribution in [-0.4, -0.2) is 54.5 Å². The van der Waals surface area contributed by atoms with E-state index in [1.165, 1.54) is 0 Å². The smallest absolute Gasteiger partial charge is 0.0729 e. The molecule has 1 atom stereocenters. The number of aromatic nitrogens is 2. The van der Waals surface area contributed by atoms with Gasteiger partial charge in [-0.3, -0.25) is 4.68 Å². The summed E-state index contributed by atoms with van der Waals surface area (Å²) >= 11 is 0. The molecule has 2 N–H and O–H groups in total. The summed E-state index contributed by atoms with van der Waals surface area (Å²) < 4.78 is 12.0. The van der Waals surface area contributed by atoms with E-state index in [0.717, 1.165) is 5.69 Å². The monoisotopic (exact) mass is 243 g/mol. The number of hydrogen-bond acceptors (Lipinski definition) is 5. The largest absolute Gasteiger partial charge is 0.394 e. The molecule has 98 valence electrons. The molecule has 0 fully saturated rings. The highest BCUT2D eigenvalue weighted by molar-refractivity contribution is 5.39. The van der Waals surface area contributed by atoms with E-state index in [-0.39, 0.29) is 12.6 Å². The zero-order valence-electron chi connectivity index (χ0n) is 10.4. The fourth-order valence-corrected chi connectivity index (χ4v) is 1.46. The Hall–Kier alpha value is -1.11. The highest BCUT2D eigenvalue weighted by Crippen LogP contribution is 2.06. The molecule has 0 bridgehead atoms. The molecule has 1 aromatic rings. The van der Waals surface area contributed by atoms with Crippen molar-refractivity contribution < 1.29 is 14.6 Å². The number of ether oxygens (including phenoxy) is 2. The molecule has 0 spiro atoms. The molecule has 0 aliphatic heterocycles. The number of nitrogens with zero attached hydrogens (tertiary/aromatic N) is 2. The topological polar surface area (TPSA) is 68.5 Å². The van der Waals surface area contributed by atoms with E-state index < -0.39 is 0 Å². The fourth-order valence-electron chi connectivity index (χ4n) is 1.46. The Labute approximate surface area is 102 Å². The van der Waals surface area contributed by atoms with Crippen molar-refractivity contribution in [3.8, 4) is 0 Å². The second kappa shape index (κ2) is 8.05. The molecule has 0 aromatic carbocycles. The Morgan fingerprint density at radius 1 is 1.53 bits per heavy atom. The number of nitrogens with one attached hydrogen (secondary N) is 1. The van der Waals surface area contributed by atoms with Crippen LogP contribution < -0.4 is 5.32 Å². The van der Waals surface area contributed by atoms with Crippen LogP contribution in [0.1, 0.15) is 6.92 Å². The minimum Gasteiger partial charge on any atom is -0.394 e. The normalized spacial score (nSPS) is 12.6. The Balaban J connectivity index is 2.27. The minimum atomic E-state index is 0.0560. The van der Waals surface area contributed by atoms with Crippen LogP contribution in [0.2, 0.25) is 0 Å². The van der Waals surface area contributed by atoms with Gasteiger partial charge in [-0.05, 0) is 6.92 Å². The molecule has 0 unspecified atom stereocenters. The summed E-state index contributed by atoms with van der Waals surface area (Å²) in [4.78, 5) is 0. The van der Waals surface area contributed by atoms with E-state index >= 15 is 0 Å². The van der Waals surface area contributed by atoms with Crippen LogP contribution >= 0.6 is 0 Å². The molecule has 0 saturated heterocycles. The Morgan fingerprint density at radius 3 is 3.06 bits per heavy atom. The van der Waals surface area contributed by atoms with Crippen LogP contribution in [0.5, 0.6) is 0 Å². The Kier molecular flexibility index (Phi) is 6.61. The predicted molar refractivity (Wildman–Crippen MR) is 65.1 cm³/mol. The van der Waals surface area contributed by atoms with E-state index in [1.54, 1.807) is 18.0 Å². The number of methoxy groups -OCH3 is 1. The molecule has 1 aromatic heterocycles. The van der Waals surface area contributed by atoms with Gasteiger partial charge in [-0.1, -0.05) is 0 Å². The third-order valence-corrected chi connectivity index (χ3v) is 2.16. The van der Waals surface area contributed by atoms with Gasteiger partial charge in [0.2, 0.25) is 0 Å². The second-order valence-corrected chi connectivity index (χ2v) is 3.83. The minimum absolute atomic E-state index is 0.0560. The van der Waals surface area contributed by atoms with E-state index in [9.17, 15) is 0 Å². The second-order valence-electron chi connectivity index (χ2n) is 3.83. The molecular formula is C11H21N3O3. The van der Waals surface area contributed by atoms with Crippen molar-refractivity contribution in [1.82, 2.24) is 9.78 Å². The molecule has 1 rings (SSSR count). The predicted octanol–water partition coefficient (Wildman–Crippen LogP) is 0.339. The summed E-state index contributed by atoms with van der Waals surface area (Å²) in [5, 5.41) is 16.0. The molecule has 6 nitrogen and oxygen atoms in total. The van der Waals surface area contributed by atoms with Gasteiger partial charge in [0.15, 0.2) is 0 Å². The summed E-state index contributed by atoms with van der Waals surface area (Å²) in [5.74, 6) is 0. The van der Waals surface area contributed by atoms with Gasteiger partial charge in [0.05, 0.1) is 44.9 Å². The van der Waals surface area contributed by atoms with Crippen LogP contribution in [0.4, 0.5) is 5.69 Å². The van der Waals surface area contributed by atoms with Crippen LogP contribution in [-0.2, 0) is 16.0 Å². The van der Waals surface area contributed by atoms with E-state index in [0.29, 0.717) is 26.4 Å². The lowest BCUT2D eigenvalue weighted by molar-refractivity contribution is 0.0854. The average molecular weight is 243 g/mol. The Morgan fingerprint density at radius 2 is 2.35 bits per heavy atom. The molecule has 0 aliphatic rings. The van der Waals surface area contributed by atoms with E-state index in [2.05, 4.69) is 10.4 Å². The zero-order chi connectivity index (χ0) is 12.5. The first-order valence-corrected chi connectivity index (χ1v) is 5.72. The first kappa shape index (κ1) is 14.0. The van der Waals surface area contributed by atoms with Crippen LogP contribution in [0.25, 0.3) is 0 Å². The van der Waals surface area contributed by atoms with E-state index in [1.807, 2.05) is 13.1 Å². The maximum absolute atomic E-state index is 8.55. The zero-order valence-corrected chi connectivity index (χ0v) is 10.4.